The zero-order valence-corrected chi connectivity index (χ0v) is 18.9. The molecule has 0 aliphatic carbocycles. The Kier molecular flexibility index (Phi) is 6.22. The Morgan fingerprint density at radius 3 is 2.03 bits per heavy atom. The first-order valence-electron chi connectivity index (χ1n) is 11.2. The molecule has 170 valence electrons. The number of hydrogen-bond donors (Lipinski definition) is 2. The number of para-hydroxylation sites is 1. The molecule has 0 bridgehead atoms. The standard InChI is InChI=1S/C30H23N3O2/c34-27-18-10-15-24(19-27)30(35)32-31-21-25-20-28(22-11-4-1-5-12-22)33(26-16-8-3-9-17-26)29(25)23-13-6-2-7-14-23/h1-21,34H,(H,32,35)/b31-21+. The monoisotopic (exact) mass is 457 g/mol. The van der Waals surface area contributed by atoms with Crippen molar-refractivity contribution in [1.82, 2.24) is 9.99 Å². The number of amides is 1. The highest BCUT2D eigenvalue weighted by molar-refractivity contribution is 5.97. The van der Waals surface area contributed by atoms with E-state index in [2.05, 4.69) is 57.6 Å². The molecule has 35 heavy (non-hydrogen) atoms. The minimum Gasteiger partial charge on any atom is -0.508 e. The number of benzene rings is 4. The van der Waals surface area contributed by atoms with E-state index in [0.29, 0.717) is 5.56 Å². The molecule has 5 nitrogen and oxygen atoms in total. The summed E-state index contributed by atoms with van der Waals surface area (Å²) in [6.07, 6.45) is 1.66. The van der Waals surface area contributed by atoms with Gasteiger partial charge in [0.1, 0.15) is 5.75 Å². The average molecular weight is 458 g/mol. The van der Waals surface area contributed by atoms with Crippen molar-refractivity contribution in [3.05, 3.63) is 132 Å². The summed E-state index contributed by atoms with van der Waals surface area (Å²) in [6, 6.07) is 38.7. The van der Waals surface area contributed by atoms with Gasteiger partial charge in [-0.1, -0.05) is 84.9 Å². The predicted molar refractivity (Wildman–Crippen MR) is 140 cm³/mol. The van der Waals surface area contributed by atoms with E-state index < -0.39 is 5.91 Å². The fraction of sp³-hybridized carbons (Fsp3) is 0. The molecule has 0 saturated carbocycles. The number of nitrogens with zero attached hydrogens (tertiary/aromatic N) is 2. The third kappa shape index (κ3) is 4.75. The van der Waals surface area contributed by atoms with E-state index in [0.717, 1.165) is 33.8 Å². The van der Waals surface area contributed by atoms with Gasteiger partial charge in [0, 0.05) is 16.8 Å². The van der Waals surface area contributed by atoms with Gasteiger partial charge in [-0.3, -0.25) is 4.79 Å². The summed E-state index contributed by atoms with van der Waals surface area (Å²) in [5.74, 6) is -0.371. The number of hydrazone groups is 1. The van der Waals surface area contributed by atoms with Crippen LogP contribution in [0.15, 0.2) is 126 Å². The van der Waals surface area contributed by atoms with Gasteiger partial charge < -0.3 is 9.67 Å². The van der Waals surface area contributed by atoms with Crippen molar-refractivity contribution in [3.63, 3.8) is 0 Å². The second-order valence-corrected chi connectivity index (χ2v) is 7.99. The molecule has 0 aliphatic rings. The van der Waals surface area contributed by atoms with Gasteiger partial charge in [-0.05, 0) is 47.5 Å². The minimum absolute atomic E-state index is 0.0282. The van der Waals surface area contributed by atoms with Crippen LogP contribution in [0.4, 0.5) is 0 Å². The molecule has 0 fully saturated rings. The van der Waals surface area contributed by atoms with E-state index in [1.807, 2.05) is 54.6 Å². The molecule has 1 aromatic heterocycles. The van der Waals surface area contributed by atoms with Gasteiger partial charge in [-0.25, -0.2) is 5.43 Å². The fourth-order valence-corrected chi connectivity index (χ4v) is 4.06. The zero-order chi connectivity index (χ0) is 24.0. The highest BCUT2D eigenvalue weighted by atomic mass is 16.3. The molecular formula is C30H23N3O2. The lowest BCUT2D eigenvalue weighted by atomic mass is 10.1. The number of rotatable bonds is 6. The van der Waals surface area contributed by atoms with Gasteiger partial charge in [-0.15, -0.1) is 0 Å². The first kappa shape index (κ1) is 21.9. The van der Waals surface area contributed by atoms with Gasteiger partial charge in [-0.2, -0.15) is 5.10 Å². The van der Waals surface area contributed by atoms with Crippen LogP contribution in [0.5, 0.6) is 5.75 Å². The Hall–Kier alpha value is -4.90. The van der Waals surface area contributed by atoms with Gasteiger partial charge in [0.2, 0.25) is 0 Å². The van der Waals surface area contributed by atoms with E-state index in [1.54, 1.807) is 18.3 Å². The van der Waals surface area contributed by atoms with Crippen molar-refractivity contribution in [2.45, 2.75) is 0 Å². The number of carbonyl (C=O) groups excluding carboxylic acids is 1. The Morgan fingerprint density at radius 1 is 0.743 bits per heavy atom. The SMILES string of the molecule is O=C(N/N=C/c1cc(-c2ccccc2)n(-c2ccccc2)c1-c1ccccc1)c1cccc(O)c1. The molecule has 0 spiro atoms. The molecule has 0 aliphatic heterocycles. The second kappa shape index (κ2) is 9.93. The second-order valence-electron chi connectivity index (χ2n) is 7.99. The Labute approximate surface area is 203 Å². The Morgan fingerprint density at radius 2 is 1.37 bits per heavy atom. The molecular weight excluding hydrogens is 434 g/mol. The van der Waals surface area contributed by atoms with Crippen LogP contribution >= 0.6 is 0 Å². The molecule has 0 saturated heterocycles. The molecule has 5 heteroatoms. The van der Waals surface area contributed by atoms with Gasteiger partial charge >= 0.3 is 0 Å². The number of phenols is 1. The molecule has 2 N–H and O–H groups in total. The molecule has 1 amide bonds. The number of carbonyl (C=O) groups is 1. The first-order valence-corrected chi connectivity index (χ1v) is 11.2. The predicted octanol–water partition coefficient (Wildman–Crippen LogP) is 6.28. The van der Waals surface area contributed by atoms with Crippen LogP contribution in [-0.4, -0.2) is 21.8 Å². The minimum atomic E-state index is -0.399. The van der Waals surface area contributed by atoms with Crippen molar-refractivity contribution < 1.29 is 9.90 Å². The maximum atomic E-state index is 12.5. The van der Waals surface area contributed by atoms with E-state index in [1.165, 1.54) is 12.1 Å². The smallest absolute Gasteiger partial charge is 0.271 e. The summed E-state index contributed by atoms with van der Waals surface area (Å²) < 4.78 is 2.21. The number of phenolic OH excluding ortho intramolecular Hbond substituents is 1. The lowest BCUT2D eigenvalue weighted by Gasteiger charge is -2.15. The van der Waals surface area contributed by atoms with E-state index in [-0.39, 0.29) is 5.75 Å². The number of hydrogen-bond acceptors (Lipinski definition) is 3. The van der Waals surface area contributed by atoms with Crippen LogP contribution < -0.4 is 5.43 Å². The molecule has 0 radical (unpaired) electrons. The van der Waals surface area contributed by atoms with Gasteiger partial charge in [0.15, 0.2) is 0 Å². The lowest BCUT2D eigenvalue weighted by Crippen LogP contribution is -2.17. The highest BCUT2D eigenvalue weighted by Crippen LogP contribution is 2.35. The first-order chi connectivity index (χ1) is 17.2. The van der Waals surface area contributed by atoms with Crippen LogP contribution in [0, 0.1) is 0 Å². The molecule has 4 aromatic carbocycles. The Bertz CT molecular complexity index is 1470. The highest BCUT2D eigenvalue weighted by Gasteiger charge is 2.18. The third-order valence-electron chi connectivity index (χ3n) is 5.64. The largest absolute Gasteiger partial charge is 0.508 e. The van der Waals surface area contributed by atoms with Crippen molar-refractivity contribution >= 4 is 12.1 Å². The summed E-state index contributed by atoms with van der Waals surface area (Å²) in [4.78, 5) is 12.5. The van der Waals surface area contributed by atoms with Crippen LogP contribution in [0.25, 0.3) is 28.2 Å². The van der Waals surface area contributed by atoms with E-state index >= 15 is 0 Å². The fourth-order valence-electron chi connectivity index (χ4n) is 4.06. The summed E-state index contributed by atoms with van der Waals surface area (Å²) in [7, 11) is 0. The number of aromatic hydroxyl groups is 1. The molecule has 5 rings (SSSR count). The van der Waals surface area contributed by atoms with Crippen molar-refractivity contribution in [1.29, 1.82) is 0 Å². The number of nitrogens with one attached hydrogen (secondary N) is 1. The number of aromatic nitrogens is 1. The normalized spacial score (nSPS) is 11.0. The molecule has 0 atom stereocenters. The van der Waals surface area contributed by atoms with Crippen LogP contribution in [0.2, 0.25) is 0 Å². The van der Waals surface area contributed by atoms with Gasteiger partial charge in [0.25, 0.3) is 5.91 Å². The average Bonchev–Trinajstić information content (AvgIpc) is 3.29. The van der Waals surface area contributed by atoms with E-state index in [4.69, 9.17) is 0 Å². The van der Waals surface area contributed by atoms with Crippen molar-refractivity contribution in [3.8, 4) is 34.0 Å². The summed E-state index contributed by atoms with van der Waals surface area (Å²) in [5, 5.41) is 13.9. The molecule has 1 heterocycles. The van der Waals surface area contributed by atoms with Crippen LogP contribution in [-0.2, 0) is 0 Å². The quantitative estimate of drug-likeness (QED) is 0.233. The van der Waals surface area contributed by atoms with Crippen LogP contribution in [0.1, 0.15) is 15.9 Å². The van der Waals surface area contributed by atoms with Crippen LogP contribution in [0.3, 0.4) is 0 Å². The summed E-state index contributed by atoms with van der Waals surface area (Å²) >= 11 is 0. The topological polar surface area (TPSA) is 66.6 Å². The maximum Gasteiger partial charge on any atom is 0.271 e. The van der Waals surface area contributed by atoms with E-state index in [9.17, 15) is 9.90 Å². The summed E-state index contributed by atoms with van der Waals surface area (Å²) in [5.41, 5.74) is 8.85. The lowest BCUT2D eigenvalue weighted by molar-refractivity contribution is 0.0954. The summed E-state index contributed by atoms with van der Waals surface area (Å²) in [6.45, 7) is 0. The molecule has 0 unspecified atom stereocenters. The maximum absolute atomic E-state index is 12.5. The van der Waals surface area contributed by atoms with Crippen molar-refractivity contribution in [2.75, 3.05) is 0 Å². The third-order valence-corrected chi connectivity index (χ3v) is 5.64. The van der Waals surface area contributed by atoms with Gasteiger partial charge in [0.05, 0.1) is 17.6 Å². The Balaban J connectivity index is 1.62. The molecule has 5 aromatic rings. The zero-order valence-electron chi connectivity index (χ0n) is 18.9. The van der Waals surface area contributed by atoms with Crippen molar-refractivity contribution in [2.24, 2.45) is 5.10 Å².